The summed E-state index contributed by atoms with van der Waals surface area (Å²) >= 11 is 5.81. The zero-order valence-electron chi connectivity index (χ0n) is 12.8. The number of primary amides is 1. The molecule has 0 radical (unpaired) electrons. The Morgan fingerprint density at radius 1 is 1.35 bits per heavy atom. The summed E-state index contributed by atoms with van der Waals surface area (Å²) in [5.41, 5.74) is 7.28. The third kappa shape index (κ3) is 3.98. The molecule has 6 nitrogen and oxygen atoms in total. The lowest BCUT2D eigenvalue weighted by molar-refractivity contribution is -0.111. The summed E-state index contributed by atoms with van der Waals surface area (Å²) in [7, 11) is 0. The highest BCUT2D eigenvalue weighted by atomic mass is 35.5. The molecule has 23 heavy (non-hydrogen) atoms. The fraction of sp³-hybridized carbons (Fsp3) is 0.188. The van der Waals surface area contributed by atoms with Gasteiger partial charge in [0.25, 0.3) is 5.91 Å². The van der Waals surface area contributed by atoms with Crippen molar-refractivity contribution in [1.82, 2.24) is 9.78 Å². The van der Waals surface area contributed by atoms with Gasteiger partial charge in [-0.2, -0.15) is 5.10 Å². The molecular formula is C16H17ClN4O2. The SMILES string of the molecule is CCn1nc(C)c(NC(=O)/C=C/c2ccc(Cl)cc2)c1C(N)=O. The molecule has 2 rings (SSSR count). The number of carbonyl (C=O) groups is 2. The van der Waals surface area contributed by atoms with E-state index < -0.39 is 5.91 Å². The van der Waals surface area contributed by atoms with Crippen LogP contribution >= 0.6 is 11.6 Å². The van der Waals surface area contributed by atoms with Gasteiger partial charge in [0.2, 0.25) is 5.91 Å². The highest BCUT2D eigenvalue weighted by molar-refractivity contribution is 6.30. The van der Waals surface area contributed by atoms with E-state index in [-0.39, 0.29) is 11.6 Å². The summed E-state index contributed by atoms with van der Waals surface area (Å²) in [5, 5.41) is 7.48. The van der Waals surface area contributed by atoms with Gasteiger partial charge in [0.15, 0.2) is 0 Å². The van der Waals surface area contributed by atoms with Gasteiger partial charge in [-0.25, -0.2) is 0 Å². The minimum absolute atomic E-state index is 0.193. The van der Waals surface area contributed by atoms with Crippen LogP contribution in [-0.4, -0.2) is 21.6 Å². The molecule has 0 unspecified atom stereocenters. The molecule has 1 aromatic heterocycles. The molecule has 0 aliphatic rings. The van der Waals surface area contributed by atoms with Crippen LogP contribution in [-0.2, 0) is 11.3 Å². The Morgan fingerprint density at radius 3 is 2.57 bits per heavy atom. The van der Waals surface area contributed by atoms with Crippen molar-refractivity contribution in [2.24, 2.45) is 5.73 Å². The first-order valence-electron chi connectivity index (χ1n) is 7.04. The summed E-state index contributed by atoms with van der Waals surface area (Å²) in [4.78, 5) is 23.7. The van der Waals surface area contributed by atoms with Crippen molar-refractivity contribution in [3.8, 4) is 0 Å². The quantitative estimate of drug-likeness (QED) is 0.825. The standard InChI is InChI=1S/C16H17ClN4O2/c1-3-21-15(16(18)23)14(10(2)20-21)19-13(22)9-6-11-4-7-12(17)8-5-11/h4-9H,3H2,1-2H3,(H2,18,23)(H,19,22)/b9-6+. The number of carbonyl (C=O) groups excluding carboxylic acids is 2. The van der Waals surface area contributed by atoms with E-state index in [9.17, 15) is 9.59 Å². The lowest BCUT2D eigenvalue weighted by atomic mass is 10.2. The molecule has 0 saturated carbocycles. The van der Waals surface area contributed by atoms with Crippen molar-refractivity contribution in [3.63, 3.8) is 0 Å². The average Bonchev–Trinajstić information content (AvgIpc) is 2.83. The fourth-order valence-corrected chi connectivity index (χ4v) is 2.25. The Kier molecular flexibility index (Phi) is 5.18. The van der Waals surface area contributed by atoms with Gasteiger partial charge in [-0.15, -0.1) is 0 Å². The van der Waals surface area contributed by atoms with Crippen molar-refractivity contribution in [3.05, 3.63) is 52.3 Å². The van der Waals surface area contributed by atoms with Crippen LogP contribution in [0.25, 0.3) is 6.08 Å². The molecule has 0 saturated heterocycles. The van der Waals surface area contributed by atoms with Gasteiger partial charge >= 0.3 is 0 Å². The van der Waals surface area contributed by atoms with E-state index in [2.05, 4.69) is 10.4 Å². The molecule has 2 amide bonds. The van der Waals surface area contributed by atoms with Gasteiger partial charge in [-0.05, 0) is 37.6 Å². The second-order valence-electron chi connectivity index (χ2n) is 4.86. The van der Waals surface area contributed by atoms with E-state index in [1.54, 1.807) is 37.3 Å². The molecule has 7 heteroatoms. The first-order valence-corrected chi connectivity index (χ1v) is 7.42. The molecular weight excluding hydrogens is 316 g/mol. The van der Waals surface area contributed by atoms with Crippen LogP contribution in [0.1, 0.15) is 28.7 Å². The summed E-state index contributed by atoms with van der Waals surface area (Å²) in [6, 6.07) is 7.06. The second-order valence-corrected chi connectivity index (χ2v) is 5.30. The van der Waals surface area contributed by atoms with Gasteiger partial charge in [-0.1, -0.05) is 23.7 Å². The van der Waals surface area contributed by atoms with Crippen LogP contribution in [0.5, 0.6) is 0 Å². The van der Waals surface area contributed by atoms with Crippen LogP contribution in [0, 0.1) is 6.92 Å². The first kappa shape index (κ1) is 16.8. The van der Waals surface area contributed by atoms with Crippen molar-refractivity contribution in [2.75, 3.05) is 5.32 Å². The normalized spacial score (nSPS) is 10.9. The van der Waals surface area contributed by atoms with E-state index in [0.717, 1.165) is 5.56 Å². The molecule has 1 heterocycles. The highest BCUT2D eigenvalue weighted by Gasteiger charge is 2.19. The van der Waals surface area contributed by atoms with Gasteiger partial charge in [0.1, 0.15) is 5.69 Å². The summed E-state index contributed by atoms with van der Waals surface area (Å²) in [5.74, 6) is -1.01. The minimum Gasteiger partial charge on any atom is -0.364 e. The van der Waals surface area contributed by atoms with Gasteiger partial charge in [0, 0.05) is 17.6 Å². The third-order valence-corrected chi connectivity index (χ3v) is 3.46. The minimum atomic E-state index is -0.635. The lowest BCUT2D eigenvalue weighted by Crippen LogP contribution is -2.20. The molecule has 0 spiro atoms. The Labute approximate surface area is 138 Å². The monoisotopic (exact) mass is 332 g/mol. The predicted molar refractivity (Wildman–Crippen MR) is 90.3 cm³/mol. The zero-order valence-corrected chi connectivity index (χ0v) is 13.6. The van der Waals surface area contributed by atoms with Crippen molar-refractivity contribution in [1.29, 1.82) is 0 Å². The molecule has 120 valence electrons. The van der Waals surface area contributed by atoms with Crippen molar-refractivity contribution >= 4 is 35.2 Å². The number of amides is 2. The number of hydrogen-bond acceptors (Lipinski definition) is 3. The molecule has 2 aromatic rings. The summed E-state index contributed by atoms with van der Waals surface area (Å²) in [6.07, 6.45) is 3.02. The maximum absolute atomic E-state index is 12.1. The Balaban J connectivity index is 2.19. The van der Waals surface area contributed by atoms with E-state index >= 15 is 0 Å². The number of aromatic nitrogens is 2. The Hall–Kier alpha value is -2.60. The molecule has 0 atom stereocenters. The smallest absolute Gasteiger partial charge is 0.269 e. The zero-order chi connectivity index (χ0) is 17.0. The van der Waals surface area contributed by atoms with Crippen molar-refractivity contribution < 1.29 is 9.59 Å². The average molecular weight is 333 g/mol. The molecule has 0 aliphatic heterocycles. The van der Waals surface area contributed by atoms with Crippen LogP contribution in [0.4, 0.5) is 5.69 Å². The summed E-state index contributed by atoms with van der Waals surface area (Å²) in [6.45, 7) is 4.03. The van der Waals surface area contributed by atoms with Crippen LogP contribution < -0.4 is 11.1 Å². The largest absolute Gasteiger partial charge is 0.364 e. The number of aryl methyl sites for hydroxylation is 2. The molecule has 0 bridgehead atoms. The highest BCUT2D eigenvalue weighted by Crippen LogP contribution is 2.20. The van der Waals surface area contributed by atoms with E-state index in [4.69, 9.17) is 17.3 Å². The van der Waals surface area contributed by atoms with Gasteiger partial charge in [-0.3, -0.25) is 14.3 Å². The maximum Gasteiger partial charge on any atom is 0.269 e. The van der Waals surface area contributed by atoms with E-state index in [1.165, 1.54) is 10.8 Å². The molecule has 3 N–H and O–H groups in total. The predicted octanol–water partition coefficient (Wildman–Crippen LogP) is 2.62. The van der Waals surface area contributed by atoms with Crippen LogP contribution in [0.2, 0.25) is 5.02 Å². The third-order valence-electron chi connectivity index (χ3n) is 3.21. The molecule has 1 aromatic carbocycles. The number of nitrogens with one attached hydrogen (secondary N) is 1. The summed E-state index contributed by atoms with van der Waals surface area (Å²) < 4.78 is 1.47. The van der Waals surface area contributed by atoms with Gasteiger partial charge in [0.05, 0.1) is 11.4 Å². The number of nitrogens with zero attached hydrogens (tertiary/aromatic N) is 2. The first-order chi connectivity index (χ1) is 10.9. The number of nitrogens with two attached hydrogens (primary N) is 1. The number of benzene rings is 1. The molecule has 0 fully saturated rings. The number of halogens is 1. The van der Waals surface area contributed by atoms with Crippen molar-refractivity contribution in [2.45, 2.75) is 20.4 Å². The Bertz CT molecular complexity index is 763. The second kappa shape index (κ2) is 7.11. The topological polar surface area (TPSA) is 90.0 Å². The number of hydrogen-bond donors (Lipinski definition) is 2. The van der Waals surface area contributed by atoms with Crippen LogP contribution in [0.15, 0.2) is 30.3 Å². The van der Waals surface area contributed by atoms with E-state index in [1.807, 2.05) is 6.92 Å². The molecule has 0 aliphatic carbocycles. The number of rotatable bonds is 5. The lowest BCUT2D eigenvalue weighted by Gasteiger charge is -2.05. The number of anilines is 1. The fourth-order valence-electron chi connectivity index (χ4n) is 2.12. The maximum atomic E-state index is 12.1. The van der Waals surface area contributed by atoms with E-state index in [0.29, 0.717) is 22.9 Å². The van der Waals surface area contributed by atoms with Gasteiger partial charge < -0.3 is 11.1 Å². The Morgan fingerprint density at radius 2 is 2.00 bits per heavy atom. The van der Waals surface area contributed by atoms with Crippen LogP contribution in [0.3, 0.4) is 0 Å².